The van der Waals surface area contributed by atoms with E-state index in [1.165, 1.54) is 11.0 Å². The summed E-state index contributed by atoms with van der Waals surface area (Å²) in [6.07, 6.45) is 1.04. The van der Waals surface area contributed by atoms with Gasteiger partial charge in [0.25, 0.3) is 5.91 Å². The number of piperazine rings is 1. The Bertz CT molecular complexity index is 1310. The number of hydrogen-bond donors (Lipinski definition) is 1. The van der Waals surface area contributed by atoms with Gasteiger partial charge < -0.3 is 19.9 Å². The molecule has 1 amide bonds. The molecule has 0 saturated carbocycles. The number of carbonyl (C=O) groups excluding carboxylic acids is 1. The molecular formula is C25H25F3N6O2. The second kappa shape index (κ2) is 9.73. The van der Waals surface area contributed by atoms with Gasteiger partial charge in [-0.25, -0.2) is 23.7 Å². The van der Waals surface area contributed by atoms with E-state index in [0.29, 0.717) is 24.5 Å². The number of pyridine rings is 1. The zero-order chi connectivity index (χ0) is 25.4. The number of carbonyl (C=O) groups is 1. The average molecular weight is 499 g/mol. The molecule has 0 atom stereocenters. The summed E-state index contributed by atoms with van der Waals surface area (Å²) in [6, 6.07) is 5.69. The van der Waals surface area contributed by atoms with Gasteiger partial charge in [-0.1, -0.05) is 0 Å². The van der Waals surface area contributed by atoms with Gasteiger partial charge in [0.1, 0.15) is 11.5 Å². The molecule has 0 aliphatic carbocycles. The smallest absolute Gasteiger partial charge is 0.265 e. The molecule has 3 aromatic rings. The van der Waals surface area contributed by atoms with Crippen LogP contribution >= 0.6 is 0 Å². The molecule has 0 spiro atoms. The molecule has 188 valence electrons. The van der Waals surface area contributed by atoms with E-state index in [2.05, 4.69) is 20.3 Å². The van der Waals surface area contributed by atoms with Crippen LogP contribution in [0.5, 0.6) is 5.75 Å². The van der Waals surface area contributed by atoms with Crippen molar-refractivity contribution in [3.05, 3.63) is 59.6 Å². The first-order chi connectivity index (χ1) is 17.3. The SMILES string of the molecule is CC(C)N1C(=O)COc2c(F)cc(-c3nc(Cc4ccc(N5CCNCC5)c(F)n4)ncc3F)cc21. The fraction of sp³-hybridized carbons (Fsp3) is 0.360. The van der Waals surface area contributed by atoms with Crippen molar-refractivity contribution in [3.63, 3.8) is 0 Å². The Labute approximate surface area is 206 Å². The van der Waals surface area contributed by atoms with Crippen LogP contribution in [-0.2, 0) is 11.2 Å². The lowest BCUT2D eigenvalue weighted by Crippen LogP contribution is -2.44. The number of anilines is 2. The average Bonchev–Trinajstić information content (AvgIpc) is 2.85. The first kappa shape index (κ1) is 24.0. The van der Waals surface area contributed by atoms with E-state index >= 15 is 0 Å². The van der Waals surface area contributed by atoms with E-state index in [9.17, 15) is 18.0 Å². The number of nitrogens with zero attached hydrogens (tertiary/aromatic N) is 5. The van der Waals surface area contributed by atoms with E-state index < -0.39 is 17.6 Å². The lowest BCUT2D eigenvalue weighted by Gasteiger charge is -2.33. The molecule has 1 fully saturated rings. The molecule has 2 aliphatic heterocycles. The van der Waals surface area contributed by atoms with Gasteiger partial charge in [0.15, 0.2) is 24.0 Å². The third kappa shape index (κ3) is 4.58. The Morgan fingerprint density at radius 1 is 1.06 bits per heavy atom. The van der Waals surface area contributed by atoms with Crippen molar-refractivity contribution in [3.8, 4) is 17.0 Å². The number of ether oxygens (including phenoxy) is 1. The zero-order valence-corrected chi connectivity index (χ0v) is 19.9. The molecule has 1 N–H and O–H groups in total. The van der Waals surface area contributed by atoms with Gasteiger partial charge in [0.2, 0.25) is 5.95 Å². The van der Waals surface area contributed by atoms with Crippen molar-refractivity contribution >= 4 is 17.3 Å². The topological polar surface area (TPSA) is 83.5 Å². The standard InChI is InChI=1S/C25H25F3N6O2/c1-14(2)34-20-10-15(9-17(26)24(20)36-13-22(34)35)23-18(27)12-30-21(32-23)11-16-3-4-19(25(28)31-16)33-7-5-29-6-8-33/h3-4,9-10,12,14,29H,5-8,11,13H2,1-2H3. The maximum absolute atomic E-state index is 14.9. The third-order valence-corrected chi connectivity index (χ3v) is 6.16. The summed E-state index contributed by atoms with van der Waals surface area (Å²) in [5.41, 5.74) is 1.01. The predicted molar refractivity (Wildman–Crippen MR) is 128 cm³/mol. The van der Waals surface area contributed by atoms with Crippen molar-refractivity contribution in [1.82, 2.24) is 20.3 Å². The molecular weight excluding hydrogens is 473 g/mol. The molecule has 8 nitrogen and oxygen atoms in total. The first-order valence-electron chi connectivity index (χ1n) is 11.7. The molecule has 1 aromatic carbocycles. The Kier molecular flexibility index (Phi) is 6.48. The molecule has 0 bridgehead atoms. The van der Waals surface area contributed by atoms with Gasteiger partial charge in [-0.05, 0) is 38.1 Å². The van der Waals surface area contributed by atoms with Crippen molar-refractivity contribution < 1.29 is 22.7 Å². The normalized spacial score (nSPS) is 15.8. The number of aromatic nitrogens is 3. The summed E-state index contributed by atoms with van der Waals surface area (Å²) in [4.78, 5) is 28.1. The van der Waals surface area contributed by atoms with Gasteiger partial charge in [-0.2, -0.15) is 4.39 Å². The van der Waals surface area contributed by atoms with Crippen molar-refractivity contribution in [2.75, 3.05) is 42.6 Å². The number of hydrogen-bond acceptors (Lipinski definition) is 7. The molecule has 0 unspecified atom stereocenters. The van der Waals surface area contributed by atoms with Crippen molar-refractivity contribution in [2.45, 2.75) is 26.3 Å². The number of fused-ring (bicyclic) bond motifs is 1. The van der Waals surface area contributed by atoms with Crippen LogP contribution < -0.4 is 19.9 Å². The maximum atomic E-state index is 14.9. The third-order valence-electron chi connectivity index (χ3n) is 6.16. The van der Waals surface area contributed by atoms with E-state index in [1.54, 1.807) is 26.0 Å². The molecule has 11 heteroatoms. The summed E-state index contributed by atoms with van der Waals surface area (Å²) >= 11 is 0. The van der Waals surface area contributed by atoms with E-state index in [4.69, 9.17) is 4.74 Å². The summed E-state index contributed by atoms with van der Waals surface area (Å²) in [5.74, 6) is -2.27. The number of rotatable bonds is 5. The van der Waals surface area contributed by atoms with Gasteiger partial charge in [0, 0.05) is 37.8 Å². The van der Waals surface area contributed by atoms with Crippen LogP contribution in [0, 0.1) is 17.6 Å². The fourth-order valence-electron chi connectivity index (χ4n) is 4.50. The molecule has 2 aromatic heterocycles. The number of nitrogens with one attached hydrogen (secondary N) is 1. The Morgan fingerprint density at radius 3 is 2.56 bits per heavy atom. The number of benzene rings is 1. The molecule has 2 aliphatic rings. The highest BCUT2D eigenvalue weighted by molar-refractivity contribution is 5.99. The summed E-state index contributed by atoms with van der Waals surface area (Å²) < 4.78 is 49.7. The molecule has 1 saturated heterocycles. The lowest BCUT2D eigenvalue weighted by molar-refractivity contribution is -0.121. The highest BCUT2D eigenvalue weighted by atomic mass is 19.1. The Hall–Kier alpha value is -3.73. The van der Waals surface area contributed by atoms with Crippen molar-refractivity contribution in [1.29, 1.82) is 0 Å². The molecule has 0 radical (unpaired) electrons. The van der Waals surface area contributed by atoms with Gasteiger partial charge in [-0.3, -0.25) is 4.79 Å². The summed E-state index contributed by atoms with van der Waals surface area (Å²) in [6.45, 7) is 6.22. The van der Waals surface area contributed by atoms with Crippen molar-refractivity contribution in [2.24, 2.45) is 0 Å². The Balaban J connectivity index is 1.45. The highest BCUT2D eigenvalue weighted by Gasteiger charge is 2.31. The van der Waals surface area contributed by atoms with Gasteiger partial charge >= 0.3 is 0 Å². The molecule has 36 heavy (non-hydrogen) atoms. The quantitative estimate of drug-likeness (QED) is 0.542. The van der Waals surface area contributed by atoms with Gasteiger partial charge in [0.05, 0.1) is 29.7 Å². The van der Waals surface area contributed by atoms with Crippen LogP contribution in [0.3, 0.4) is 0 Å². The lowest BCUT2D eigenvalue weighted by atomic mass is 10.1. The monoisotopic (exact) mass is 498 g/mol. The van der Waals surface area contributed by atoms with Gasteiger partial charge in [-0.15, -0.1) is 0 Å². The summed E-state index contributed by atoms with van der Waals surface area (Å²) in [5, 5.41) is 3.22. The zero-order valence-electron chi connectivity index (χ0n) is 19.9. The van der Waals surface area contributed by atoms with Crippen LogP contribution in [0.4, 0.5) is 24.5 Å². The first-order valence-corrected chi connectivity index (χ1v) is 11.7. The largest absolute Gasteiger partial charge is 0.478 e. The van der Waals surface area contributed by atoms with Crippen LogP contribution in [0.2, 0.25) is 0 Å². The summed E-state index contributed by atoms with van der Waals surface area (Å²) in [7, 11) is 0. The second-order valence-corrected chi connectivity index (χ2v) is 8.96. The maximum Gasteiger partial charge on any atom is 0.265 e. The second-order valence-electron chi connectivity index (χ2n) is 8.96. The Morgan fingerprint density at radius 2 is 1.83 bits per heavy atom. The predicted octanol–water partition coefficient (Wildman–Crippen LogP) is 3.09. The fourth-order valence-corrected chi connectivity index (χ4v) is 4.50. The number of halogens is 3. The van der Waals surface area contributed by atoms with Crippen LogP contribution in [0.1, 0.15) is 25.4 Å². The van der Waals surface area contributed by atoms with Crippen LogP contribution in [-0.4, -0.2) is 59.7 Å². The van der Waals surface area contributed by atoms with E-state index in [1.807, 2.05) is 4.90 Å². The van der Waals surface area contributed by atoms with E-state index in [-0.39, 0.29) is 53.5 Å². The molecule has 4 heterocycles. The molecule has 5 rings (SSSR count). The minimum Gasteiger partial charge on any atom is -0.478 e. The minimum absolute atomic E-state index is 0.0547. The van der Waals surface area contributed by atoms with E-state index in [0.717, 1.165) is 25.4 Å². The highest BCUT2D eigenvalue weighted by Crippen LogP contribution is 2.39. The number of amides is 1. The minimum atomic E-state index is -0.759. The van der Waals surface area contributed by atoms with Crippen LogP contribution in [0.25, 0.3) is 11.3 Å². The van der Waals surface area contributed by atoms with Crippen LogP contribution in [0.15, 0.2) is 30.5 Å².